The van der Waals surface area contributed by atoms with E-state index in [1.54, 1.807) is 0 Å². The molecule has 0 fully saturated rings. The minimum Gasteiger partial charge on any atom is -0.375 e. The predicted molar refractivity (Wildman–Crippen MR) is 51.6 cm³/mol. The van der Waals surface area contributed by atoms with Gasteiger partial charge in [-0.25, -0.2) is 0 Å². The highest BCUT2D eigenvalue weighted by Gasteiger charge is 2.13. The van der Waals surface area contributed by atoms with Gasteiger partial charge < -0.3 is 4.90 Å². The molecule has 0 bridgehead atoms. The van der Waals surface area contributed by atoms with Gasteiger partial charge in [0.2, 0.25) is 0 Å². The molecule has 1 heterocycles. The third-order valence-electron chi connectivity index (χ3n) is 2.01. The van der Waals surface area contributed by atoms with Gasteiger partial charge in [0.05, 0.1) is 0 Å². The van der Waals surface area contributed by atoms with Crippen molar-refractivity contribution in [2.24, 2.45) is 0 Å². The second kappa shape index (κ2) is 6.26. The summed E-state index contributed by atoms with van der Waals surface area (Å²) in [6.45, 7) is 9.62. The monoisotopic (exact) mass is 155 g/mol. The van der Waals surface area contributed by atoms with Gasteiger partial charge in [0.25, 0.3) is 0 Å². The van der Waals surface area contributed by atoms with Crippen molar-refractivity contribution in [1.82, 2.24) is 4.90 Å². The van der Waals surface area contributed by atoms with Crippen LogP contribution in [0.5, 0.6) is 0 Å². The lowest BCUT2D eigenvalue weighted by atomic mass is 10.2. The first kappa shape index (κ1) is 10.5. The molecule has 1 unspecified atom stereocenters. The van der Waals surface area contributed by atoms with Crippen LogP contribution in [0, 0.1) is 0 Å². The number of hydrogen-bond acceptors (Lipinski definition) is 1. The lowest BCUT2D eigenvalue weighted by Gasteiger charge is -2.22. The Bertz CT molecular complexity index is 107. The molecule has 1 heteroatoms. The molecule has 1 atom stereocenters. The van der Waals surface area contributed by atoms with E-state index < -0.39 is 0 Å². The normalized spacial score (nSPS) is 21.5. The first-order valence-electron chi connectivity index (χ1n) is 4.80. The van der Waals surface area contributed by atoms with Crippen LogP contribution in [0.1, 0.15) is 40.5 Å². The largest absolute Gasteiger partial charge is 0.375 e. The fraction of sp³-hybridized carbons (Fsp3) is 0.800. The van der Waals surface area contributed by atoms with Crippen molar-refractivity contribution in [3.8, 4) is 0 Å². The number of nitrogens with zero attached hydrogens (tertiary/aromatic N) is 1. The molecule has 0 aromatic rings. The van der Waals surface area contributed by atoms with Crippen LogP contribution >= 0.6 is 0 Å². The van der Waals surface area contributed by atoms with Crippen molar-refractivity contribution >= 4 is 0 Å². The Morgan fingerprint density at radius 2 is 2.00 bits per heavy atom. The van der Waals surface area contributed by atoms with E-state index >= 15 is 0 Å². The van der Waals surface area contributed by atoms with Gasteiger partial charge in [-0.05, 0) is 26.0 Å². The summed E-state index contributed by atoms with van der Waals surface area (Å²) in [5.41, 5.74) is 0. The smallest absolute Gasteiger partial charge is 0.0316 e. The third-order valence-corrected chi connectivity index (χ3v) is 2.01. The van der Waals surface area contributed by atoms with Gasteiger partial charge in [-0.1, -0.05) is 26.8 Å². The predicted octanol–water partition coefficient (Wildman–Crippen LogP) is 3.03. The molecule has 0 saturated carbocycles. The summed E-state index contributed by atoms with van der Waals surface area (Å²) in [5.74, 6) is 0. The minimum atomic E-state index is 0.801. The van der Waals surface area contributed by atoms with Crippen molar-refractivity contribution in [3.63, 3.8) is 0 Å². The molecule has 1 aliphatic heterocycles. The first-order valence-corrected chi connectivity index (χ1v) is 4.80. The van der Waals surface area contributed by atoms with Crippen molar-refractivity contribution in [2.45, 2.75) is 46.6 Å². The van der Waals surface area contributed by atoms with E-state index in [0.717, 1.165) is 12.6 Å². The van der Waals surface area contributed by atoms with Crippen molar-refractivity contribution in [2.75, 3.05) is 6.54 Å². The van der Waals surface area contributed by atoms with E-state index in [9.17, 15) is 0 Å². The van der Waals surface area contributed by atoms with Gasteiger partial charge in [-0.2, -0.15) is 0 Å². The average Bonchev–Trinajstić information content (AvgIpc) is 2.54. The van der Waals surface area contributed by atoms with Crippen LogP contribution < -0.4 is 0 Å². The van der Waals surface area contributed by atoms with E-state index in [4.69, 9.17) is 0 Å². The zero-order chi connectivity index (χ0) is 8.69. The zero-order valence-corrected chi connectivity index (χ0v) is 8.30. The quantitative estimate of drug-likeness (QED) is 0.592. The highest BCUT2D eigenvalue weighted by Crippen LogP contribution is 2.15. The second-order valence-electron chi connectivity index (χ2n) is 2.51. The molecule has 1 rings (SSSR count). The molecule has 0 spiro atoms. The molecular weight excluding hydrogens is 134 g/mol. The zero-order valence-electron chi connectivity index (χ0n) is 8.30. The molecule has 0 saturated heterocycles. The Hall–Kier alpha value is -0.460. The van der Waals surface area contributed by atoms with Gasteiger partial charge in [-0.3, -0.25) is 0 Å². The first-order chi connectivity index (χ1) is 5.38. The molecule has 1 aliphatic rings. The van der Waals surface area contributed by atoms with Crippen LogP contribution in [0.2, 0.25) is 0 Å². The molecule has 0 radical (unpaired) electrons. The minimum absolute atomic E-state index is 0.801. The third kappa shape index (κ3) is 2.96. The Balaban J connectivity index is 0.000000461. The Labute approximate surface area is 71.1 Å². The standard InChI is InChI=1S/C8H15N.C2H6/c1-3-8-6-5-7-9(8)4-2;1-2/h5,7-8H,3-4,6H2,1-2H3;1-2H3. The molecule has 1 nitrogen and oxygen atoms in total. The summed E-state index contributed by atoms with van der Waals surface area (Å²) in [4.78, 5) is 2.40. The lowest BCUT2D eigenvalue weighted by molar-refractivity contribution is 0.306. The molecule has 0 amide bonds. The van der Waals surface area contributed by atoms with Gasteiger partial charge >= 0.3 is 0 Å². The van der Waals surface area contributed by atoms with E-state index in [1.165, 1.54) is 12.8 Å². The molecule has 66 valence electrons. The molecule has 11 heavy (non-hydrogen) atoms. The van der Waals surface area contributed by atoms with Gasteiger partial charge in [0, 0.05) is 12.6 Å². The van der Waals surface area contributed by atoms with Crippen LogP contribution in [0.3, 0.4) is 0 Å². The molecule has 0 aromatic carbocycles. The molecule has 0 aromatic heterocycles. The summed E-state index contributed by atoms with van der Waals surface area (Å²) in [7, 11) is 0. The van der Waals surface area contributed by atoms with Gasteiger partial charge in [-0.15, -0.1) is 0 Å². The van der Waals surface area contributed by atoms with Crippen molar-refractivity contribution < 1.29 is 0 Å². The van der Waals surface area contributed by atoms with Crippen LogP contribution in [0.15, 0.2) is 12.3 Å². The Kier molecular flexibility index (Phi) is 6.00. The maximum Gasteiger partial charge on any atom is 0.0316 e. The lowest BCUT2D eigenvalue weighted by Crippen LogP contribution is -2.25. The summed E-state index contributed by atoms with van der Waals surface area (Å²) >= 11 is 0. The fourth-order valence-electron chi connectivity index (χ4n) is 1.38. The fourth-order valence-corrected chi connectivity index (χ4v) is 1.38. The van der Waals surface area contributed by atoms with E-state index in [0.29, 0.717) is 0 Å². The number of hydrogen-bond donors (Lipinski definition) is 0. The summed E-state index contributed by atoms with van der Waals surface area (Å²) < 4.78 is 0. The number of rotatable bonds is 2. The molecular formula is C10H21N. The van der Waals surface area contributed by atoms with Crippen LogP contribution in [0.25, 0.3) is 0 Å². The van der Waals surface area contributed by atoms with Gasteiger partial charge in [0.1, 0.15) is 0 Å². The Morgan fingerprint density at radius 3 is 2.36 bits per heavy atom. The SMILES string of the molecule is CC.CCC1CC=CN1CC. The van der Waals surface area contributed by atoms with Crippen LogP contribution in [-0.4, -0.2) is 17.5 Å². The summed E-state index contributed by atoms with van der Waals surface area (Å²) in [6, 6.07) is 0.801. The van der Waals surface area contributed by atoms with E-state index in [1.807, 2.05) is 13.8 Å². The van der Waals surface area contributed by atoms with Crippen molar-refractivity contribution in [1.29, 1.82) is 0 Å². The highest BCUT2D eigenvalue weighted by molar-refractivity contribution is 4.96. The van der Waals surface area contributed by atoms with Gasteiger partial charge in [0.15, 0.2) is 0 Å². The highest BCUT2D eigenvalue weighted by atomic mass is 15.1. The molecule has 0 N–H and O–H groups in total. The van der Waals surface area contributed by atoms with Crippen LogP contribution in [0.4, 0.5) is 0 Å². The van der Waals surface area contributed by atoms with E-state index in [2.05, 4.69) is 31.0 Å². The maximum absolute atomic E-state index is 2.40. The topological polar surface area (TPSA) is 3.24 Å². The van der Waals surface area contributed by atoms with Crippen LogP contribution in [-0.2, 0) is 0 Å². The summed E-state index contributed by atoms with van der Waals surface area (Å²) in [5, 5.41) is 0. The average molecular weight is 155 g/mol. The second-order valence-corrected chi connectivity index (χ2v) is 2.51. The van der Waals surface area contributed by atoms with E-state index in [-0.39, 0.29) is 0 Å². The van der Waals surface area contributed by atoms with Crippen molar-refractivity contribution in [3.05, 3.63) is 12.3 Å². The summed E-state index contributed by atoms with van der Waals surface area (Å²) in [6.07, 6.45) is 7.01. The molecule has 0 aliphatic carbocycles. The Morgan fingerprint density at radius 1 is 1.36 bits per heavy atom. The maximum atomic E-state index is 2.40.